The average molecular weight is 293 g/mol. The fourth-order valence-electron chi connectivity index (χ4n) is 2.07. The van der Waals surface area contributed by atoms with E-state index in [1.807, 2.05) is 18.2 Å². The van der Waals surface area contributed by atoms with Gasteiger partial charge in [0.1, 0.15) is 17.9 Å². The van der Waals surface area contributed by atoms with Gasteiger partial charge in [0.05, 0.1) is 6.20 Å². The summed E-state index contributed by atoms with van der Waals surface area (Å²) in [6.07, 6.45) is 4.07. The standard InChI is InChI=1S/C18H12FNO2/c19-15-5-7-16(8-6-15)22-18-11-20-10-9-17(18)14-3-1-13(12-21)2-4-14/h1-12H. The summed E-state index contributed by atoms with van der Waals surface area (Å²) in [6, 6.07) is 14.8. The molecular formula is C18H12FNO2. The quantitative estimate of drug-likeness (QED) is 0.665. The Kier molecular flexibility index (Phi) is 3.92. The fraction of sp³-hybridized carbons (Fsp3) is 0. The molecule has 0 radical (unpaired) electrons. The van der Waals surface area contributed by atoms with Crippen LogP contribution in [0.5, 0.6) is 11.5 Å². The second-order valence-corrected chi connectivity index (χ2v) is 4.67. The first-order chi connectivity index (χ1) is 10.8. The minimum atomic E-state index is -0.316. The first-order valence-corrected chi connectivity index (χ1v) is 6.69. The van der Waals surface area contributed by atoms with Crippen LogP contribution in [0.2, 0.25) is 0 Å². The van der Waals surface area contributed by atoms with Gasteiger partial charge < -0.3 is 4.74 Å². The van der Waals surface area contributed by atoms with Crippen LogP contribution in [0.1, 0.15) is 10.4 Å². The number of nitrogens with zero attached hydrogens (tertiary/aromatic N) is 1. The third-order valence-corrected chi connectivity index (χ3v) is 3.18. The Morgan fingerprint density at radius 3 is 2.36 bits per heavy atom. The van der Waals surface area contributed by atoms with Crippen molar-refractivity contribution in [2.45, 2.75) is 0 Å². The van der Waals surface area contributed by atoms with Gasteiger partial charge in [0, 0.05) is 17.3 Å². The average Bonchev–Trinajstić information content (AvgIpc) is 2.58. The van der Waals surface area contributed by atoms with Crippen molar-refractivity contribution >= 4 is 6.29 Å². The number of aromatic nitrogens is 1. The molecule has 0 amide bonds. The SMILES string of the molecule is O=Cc1ccc(-c2ccncc2Oc2ccc(F)cc2)cc1. The van der Waals surface area contributed by atoms with Gasteiger partial charge in [-0.05, 0) is 35.9 Å². The molecule has 0 aliphatic rings. The second kappa shape index (κ2) is 6.18. The van der Waals surface area contributed by atoms with Gasteiger partial charge in [-0.1, -0.05) is 24.3 Å². The topological polar surface area (TPSA) is 39.2 Å². The second-order valence-electron chi connectivity index (χ2n) is 4.67. The van der Waals surface area contributed by atoms with Crippen LogP contribution >= 0.6 is 0 Å². The lowest BCUT2D eigenvalue weighted by Gasteiger charge is -2.11. The first kappa shape index (κ1) is 13.9. The molecule has 0 atom stereocenters. The molecule has 2 aromatic carbocycles. The summed E-state index contributed by atoms with van der Waals surface area (Å²) in [4.78, 5) is 14.8. The van der Waals surface area contributed by atoms with Crippen LogP contribution in [0.3, 0.4) is 0 Å². The summed E-state index contributed by atoms with van der Waals surface area (Å²) in [5.74, 6) is 0.774. The van der Waals surface area contributed by atoms with Crippen LogP contribution in [0, 0.1) is 5.82 Å². The van der Waals surface area contributed by atoms with Gasteiger partial charge >= 0.3 is 0 Å². The summed E-state index contributed by atoms with van der Waals surface area (Å²) in [7, 11) is 0. The van der Waals surface area contributed by atoms with E-state index in [2.05, 4.69) is 4.98 Å². The highest BCUT2D eigenvalue weighted by Crippen LogP contribution is 2.32. The molecule has 0 aliphatic heterocycles. The maximum absolute atomic E-state index is 12.9. The number of rotatable bonds is 4. The van der Waals surface area contributed by atoms with Crippen molar-refractivity contribution < 1.29 is 13.9 Å². The molecular weight excluding hydrogens is 281 g/mol. The van der Waals surface area contributed by atoms with Crippen molar-refractivity contribution in [3.63, 3.8) is 0 Å². The van der Waals surface area contributed by atoms with E-state index in [9.17, 15) is 9.18 Å². The summed E-state index contributed by atoms with van der Waals surface area (Å²) in [6.45, 7) is 0. The zero-order valence-corrected chi connectivity index (χ0v) is 11.6. The molecule has 0 unspecified atom stereocenters. The van der Waals surface area contributed by atoms with Crippen molar-refractivity contribution in [1.82, 2.24) is 4.98 Å². The van der Waals surface area contributed by atoms with Crippen molar-refractivity contribution in [2.75, 3.05) is 0 Å². The zero-order chi connectivity index (χ0) is 15.4. The van der Waals surface area contributed by atoms with E-state index in [1.54, 1.807) is 36.7 Å². The minimum absolute atomic E-state index is 0.316. The molecule has 1 heterocycles. The van der Waals surface area contributed by atoms with E-state index < -0.39 is 0 Å². The van der Waals surface area contributed by atoms with Crippen molar-refractivity contribution in [2.24, 2.45) is 0 Å². The molecule has 0 bridgehead atoms. The van der Waals surface area contributed by atoms with Gasteiger partial charge in [-0.2, -0.15) is 0 Å². The Morgan fingerprint density at radius 2 is 1.68 bits per heavy atom. The molecule has 3 rings (SSSR count). The van der Waals surface area contributed by atoms with Crippen LogP contribution in [0.4, 0.5) is 4.39 Å². The van der Waals surface area contributed by atoms with E-state index in [0.29, 0.717) is 17.1 Å². The molecule has 0 saturated heterocycles. The van der Waals surface area contributed by atoms with E-state index in [-0.39, 0.29) is 5.82 Å². The van der Waals surface area contributed by atoms with Gasteiger partial charge in [0.15, 0.2) is 5.75 Å². The number of benzene rings is 2. The number of ether oxygens (including phenoxy) is 1. The van der Waals surface area contributed by atoms with Gasteiger partial charge in [0.25, 0.3) is 0 Å². The Morgan fingerprint density at radius 1 is 0.955 bits per heavy atom. The first-order valence-electron chi connectivity index (χ1n) is 6.69. The fourth-order valence-corrected chi connectivity index (χ4v) is 2.07. The summed E-state index contributed by atoms with van der Waals surface area (Å²) < 4.78 is 18.7. The van der Waals surface area contributed by atoms with Gasteiger partial charge in [-0.15, -0.1) is 0 Å². The van der Waals surface area contributed by atoms with E-state index in [1.165, 1.54) is 12.1 Å². The number of carbonyl (C=O) groups is 1. The third kappa shape index (κ3) is 3.01. The lowest BCUT2D eigenvalue weighted by molar-refractivity contribution is 0.112. The molecule has 0 spiro atoms. The highest BCUT2D eigenvalue weighted by Gasteiger charge is 2.08. The highest BCUT2D eigenvalue weighted by molar-refractivity contribution is 5.78. The number of carbonyl (C=O) groups excluding carboxylic acids is 1. The van der Waals surface area contributed by atoms with E-state index in [4.69, 9.17) is 4.74 Å². The molecule has 108 valence electrons. The normalized spacial score (nSPS) is 10.2. The maximum Gasteiger partial charge on any atom is 0.153 e. The predicted molar refractivity (Wildman–Crippen MR) is 81.5 cm³/mol. The van der Waals surface area contributed by atoms with E-state index >= 15 is 0 Å². The summed E-state index contributed by atoms with van der Waals surface area (Å²) in [5.41, 5.74) is 2.36. The van der Waals surface area contributed by atoms with Gasteiger partial charge in [0.2, 0.25) is 0 Å². The number of halogens is 1. The maximum atomic E-state index is 12.9. The van der Waals surface area contributed by atoms with Gasteiger partial charge in [-0.3, -0.25) is 9.78 Å². The van der Waals surface area contributed by atoms with Crippen molar-refractivity contribution in [3.05, 3.63) is 78.4 Å². The number of hydrogen-bond donors (Lipinski definition) is 0. The molecule has 22 heavy (non-hydrogen) atoms. The Bertz CT molecular complexity index is 783. The Balaban J connectivity index is 1.95. The van der Waals surface area contributed by atoms with Crippen LogP contribution < -0.4 is 4.74 Å². The largest absolute Gasteiger partial charge is 0.455 e. The highest BCUT2D eigenvalue weighted by atomic mass is 19.1. The summed E-state index contributed by atoms with van der Waals surface area (Å²) >= 11 is 0. The molecule has 3 nitrogen and oxygen atoms in total. The Hall–Kier alpha value is -3.01. The van der Waals surface area contributed by atoms with Crippen molar-refractivity contribution in [3.8, 4) is 22.6 Å². The zero-order valence-electron chi connectivity index (χ0n) is 11.6. The molecule has 0 fully saturated rings. The number of pyridine rings is 1. The predicted octanol–water partition coefficient (Wildman–Crippen LogP) is 4.49. The molecule has 3 aromatic rings. The molecule has 4 heteroatoms. The van der Waals surface area contributed by atoms with Gasteiger partial charge in [-0.25, -0.2) is 4.39 Å². The molecule has 1 aromatic heterocycles. The number of hydrogen-bond acceptors (Lipinski definition) is 3. The van der Waals surface area contributed by atoms with Crippen LogP contribution in [-0.2, 0) is 0 Å². The smallest absolute Gasteiger partial charge is 0.153 e. The molecule has 0 N–H and O–H groups in total. The monoisotopic (exact) mass is 293 g/mol. The van der Waals surface area contributed by atoms with Crippen molar-refractivity contribution in [1.29, 1.82) is 0 Å². The lowest BCUT2D eigenvalue weighted by Crippen LogP contribution is -1.90. The minimum Gasteiger partial charge on any atom is -0.455 e. The third-order valence-electron chi connectivity index (χ3n) is 3.18. The van der Waals surface area contributed by atoms with E-state index in [0.717, 1.165) is 17.4 Å². The Labute approximate surface area is 127 Å². The van der Waals surface area contributed by atoms with Crippen LogP contribution in [-0.4, -0.2) is 11.3 Å². The number of aldehydes is 1. The van der Waals surface area contributed by atoms with Crippen LogP contribution in [0.15, 0.2) is 67.0 Å². The summed E-state index contributed by atoms with van der Waals surface area (Å²) in [5, 5.41) is 0. The molecule has 0 saturated carbocycles. The lowest BCUT2D eigenvalue weighted by atomic mass is 10.0. The molecule has 0 aliphatic carbocycles. The van der Waals surface area contributed by atoms with Crippen LogP contribution in [0.25, 0.3) is 11.1 Å².